The van der Waals surface area contributed by atoms with Crippen molar-refractivity contribution in [1.82, 2.24) is 5.16 Å². The van der Waals surface area contributed by atoms with Crippen molar-refractivity contribution in [2.45, 2.75) is 32.1 Å². The first-order chi connectivity index (χ1) is 9.63. The van der Waals surface area contributed by atoms with Gasteiger partial charge >= 0.3 is 0 Å². The van der Waals surface area contributed by atoms with Gasteiger partial charge in [-0.2, -0.15) is 0 Å². The Labute approximate surface area is 120 Å². The van der Waals surface area contributed by atoms with Gasteiger partial charge in [0.05, 0.1) is 16.8 Å². The van der Waals surface area contributed by atoms with Crippen molar-refractivity contribution in [3.05, 3.63) is 51.6 Å². The molecule has 0 saturated heterocycles. The molecule has 0 N–H and O–H groups in total. The summed E-state index contributed by atoms with van der Waals surface area (Å²) in [6.45, 7) is 1.79. The summed E-state index contributed by atoms with van der Waals surface area (Å²) < 4.78 is 19.2. The lowest BCUT2D eigenvalue weighted by Gasteiger charge is -2.09. The number of rotatable bonds is 4. The first-order valence-electron chi connectivity index (χ1n) is 6.59. The lowest BCUT2D eigenvalue weighted by Crippen LogP contribution is -2.08. The lowest BCUT2D eigenvalue weighted by atomic mass is 9.96. The molecule has 1 aromatic heterocycles. The molecule has 20 heavy (non-hydrogen) atoms. The van der Waals surface area contributed by atoms with Gasteiger partial charge in [0.2, 0.25) is 0 Å². The Morgan fingerprint density at radius 2 is 2.20 bits per heavy atom. The second-order valence-electron chi connectivity index (χ2n) is 4.95. The predicted octanol–water partition coefficient (Wildman–Crippen LogP) is 4.14. The molecule has 0 unspecified atom stereocenters. The number of nitrogens with zero attached hydrogens (tertiary/aromatic N) is 1. The monoisotopic (exact) mass is 293 g/mol. The van der Waals surface area contributed by atoms with Crippen LogP contribution in [0.5, 0.6) is 0 Å². The van der Waals surface area contributed by atoms with Gasteiger partial charge in [0, 0.05) is 17.0 Å². The highest BCUT2D eigenvalue weighted by Crippen LogP contribution is 2.42. The van der Waals surface area contributed by atoms with Gasteiger partial charge < -0.3 is 4.52 Å². The number of benzene rings is 1. The van der Waals surface area contributed by atoms with Crippen molar-refractivity contribution in [2.24, 2.45) is 0 Å². The second-order valence-corrected chi connectivity index (χ2v) is 5.36. The lowest BCUT2D eigenvalue weighted by molar-refractivity contribution is 0.103. The van der Waals surface area contributed by atoms with E-state index in [-0.39, 0.29) is 16.7 Å². The van der Waals surface area contributed by atoms with E-state index in [1.54, 1.807) is 13.0 Å². The molecule has 0 radical (unpaired) electrons. The maximum absolute atomic E-state index is 14.0. The number of carbonyl (C=O) groups is 1. The highest BCUT2D eigenvalue weighted by molar-refractivity contribution is 6.31. The highest BCUT2D eigenvalue weighted by atomic mass is 35.5. The van der Waals surface area contributed by atoms with Gasteiger partial charge in [0.15, 0.2) is 11.5 Å². The molecule has 1 saturated carbocycles. The second kappa shape index (κ2) is 5.02. The largest absolute Gasteiger partial charge is 0.360 e. The van der Waals surface area contributed by atoms with Crippen LogP contribution in [0.4, 0.5) is 4.39 Å². The number of halogens is 2. The van der Waals surface area contributed by atoms with Gasteiger partial charge in [-0.3, -0.25) is 4.79 Å². The molecule has 0 amide bonds. The first kappa shape index (κ1) is 13.3. The molecule has 0 spiro atoms. The van der Waals surface area contributed by atoms with Crippen LogP contribution in [0.25, 0.3) is 0 Å². The molecule has 0 atom stereocenters. The van der Waals surface area contributed by atoms with Gasteiger partial charge in [0.25, 0.3) is 0 Å². The van der Waals surface area contributed by atoms with E-state index in [4.69, 9.17) is 16.1 Å². The minimum atomic E-state index is -0.524. The topological polar surface area (TPSA) is 43.1 Å². The van der Waals surface area contributed by atoms with Crippen molar-refractivity contribution in [3.63, 3.8) is 0 Å². The molecular formula is C15H13ClFNO2. The fourth-order valence-corrected chi connectivity index (χ4v) is 2.53. The Hall–Kier alpha value is -1.68. The Morgan fingerprint density at radius 3 is 2.85 bits per heavy atom. The molecule has 2 aromatic rings. The molecule has 1 aliphatic rings. The zero-order valence-corrected chi connectivity index (χ0v) is 11.7. The van der Waals surface area contributed by atoms with Crippen LogP contribution in [0.3, 0.4) is 0 Å². The molecule has 1 heterocycles. The van der Waals surface area contributed by atoms with Crippen LogP contribution in [0.1, 0.15) is 52.9 Å². The van der Waals surface area contributed by atoms with Crippen molar-refractivity contribution in [1.29, 1.82) is 0 Å². The van der Waals surface area contributed by atoms with Crippen LogP contribution in [0.15, 0.2) is 22.9 Å². The number of ketones is 1. The molecule has 3 nitrogen and oxygen atoms in total. The molecule has 3 rings (SSSR count). The summed E-state index contributed by atoms with van der Waals surface area (Å²) in [7, 11) is 0. The van der Waals surface area contributed by atoms with E-state index in [2.05, 4.69) is 5.16 Å². The van der Waals surface area contributed by atoms with Crippen LogP contribution >= 0.6 is 11.6 Å². The van der Waals surface area contributed by atoms with Crippen LogP contribution in [-0.2, 0) is 6.42 Å². The third-order valence-corrected chi connectivity index (χ3v) is 3.88. The zero-order valence-electron chi connectivity index (χ0n) is 11.0. The normalized spacial score (nSPS) is 14.6. The Balaban J connectivity index is 2.06. The summed E-state index contributed by atoms with van der Waals surface area (Å²) in [6, 6.07) is 2.98. The molecule has 1 aromatic carbocycles. The van der Waals surface area contributed by atoms with E-state index in [0.717, 1.165) is 12.8 Å². The summed E-state index contributed by atoms with van der Waals surface area (Å²) in [4.78, 5) is 12.6. The fourth-order valence-electron chi connectivity index (χ4n) is 2.36. The van der Waals surface area contributed by atoms with Gasteiger partial charge in [-0.15, -0.1) is 0 Å². The van der Waals surface area contributed by atoms with Gasteiger partial charge in [-0.25, -0.2) is 4.39 Å². The fraction of sp³-hybridized carbons (Fsp3) is 0.333. The zero-order chi connectivity index (χ0) is 14.3. The minimum Gasteiger partial charge on any atom is -0.360 e. The third kappa shape index (κ3) is 2.14. The van der Waals surface area contributed by atoms with Crippen molar-refractivity contribution < 1.29 is 13.7 Å². The summed E-state index contributed by atoms with van der Waals surface area (Å²) in [5.41, 5.74) is 1.11. The van der Waals surface area contributed by atoms with Crippen LogP contribution in [0, 0.1) is 5.82 Å². The standard InChI is InChI=1S/C15H13ClFNO2/c1-2-9-10(5-6-12(16)13(9)17)14(19)11-7-18-20-15(11)8-3-4-8/h5-8H,2-4H2,1H3. The van der Waals surface area contributed by atoms with Gasteiger partial charge in [0.1, 0.15) is 5.82 Å². The van der Waals surface area contributed by atoms with Crippen LogP contribution in [0.2, 0.25) is 5.02 Å². The summed E-state index contributed by atoms with van der Waals surface area (Å²) in [5.74, 6) is 0.121. The van der Waals surface area contributed by atoms with E-state index < -0.39 is 5.82 Å². The quantitative estimate of drug-likeness (QED) is 0.796. The van der Waals surface area contributed by atoms with E-state index in [1.807, 2.05) is 0 Å². The van der Waals surface area contributed by atoms with Crippen molar-refractivity contribution >= 4 is 17.4 Å². The number of hydrogen-bond donors (Lipinski definition) is 0. The number of carbonyl (C=O) groups excluding carboxylic acids is 1. The minimum absolute atomic E-state index is 0.0335. The van der Waals surface area contributed by atoms with Crippen molar-refractivity contribution in [2.75, 3.05) is 0 Å². The molecule has 0 bridgehead atoms. The average molecular weight is 294 g/mol. The molecule has 0 aliphatic heterocycles. The Bertz CT molecular complexity index is 677. The molecule has 104 valence electrons. The van der Waals surface area contributed by atoms with Gasteiger partial charge in [-0.05, 0) is 31.4 Å². The highest BCUT2D eigenvalue weighted by Gasteiger charge is 2.33. The predicted molar refractivity (Wildman–Crippen MR) is 72.7 cm³/mol. The van der Waals surface area contributed by atoms with E-state index in [0.29, 0.717) is 28.9 Å². The Kier molecular flexibility index (Phi) is 3.34. The summed E-state index contributed by atoms with van der Waals surface area (Å²) in [5, 5.41) is 3.74. The third-order valence-electron chi connectivity index (χ3n) is 3.59. The maximum Gasteiger partial charge on any atom is 0.198 e. The summed E-state index contributed by atoms with van der Waals surface area (Å²) in [6.07, 6.45) is 3.83. The number of aromatic nitrogens is 1. The van der Waals surface area contributed by atoms with Crippen molar-refractivity contribution in [3.8, 4) is 0 Å². The molecule has 5 heteroatoms. The molecular weight excluding hydrogens is 281 g/mol. The van der Waals surface area contributed by atoms with Crippen LogP contribution in [-0.4, -0.2) is 10.9 Å². The molecule has 1 fully saturated rings. The van der Waals surface area contributed by atoms with Crippen LogP contribution < -0.4 is 0 Å². The smallest absolute Gasteiger partial charge is 0.198 e. The SMILES string of the molecule is CCc1c(C(=O)c2cnoc2C2CC2)ccc(Cl)c1F. The average Bonchev–Trinajstić information content (AvgIpc) is 3.18. The van der Waals surface area contributed by atoms with E-state index in [1.165, 1.54) is 12.3 Å². The first-order valence-corrected chi connectivity index (χ1v) is 6.97. The van der Waals surface area contributed by atoms with E-state index in [9.17, 15) is 9.18 Å². The maximum atomic E-state index is 14.0. The van der Waals surface area contributed by atoms with Gasteiger partial charge in [-0.1, -0.05) is 23.7 Å². The Morgan fingerprint density at radius 1 is 1.45 bits per heavy atom. The summed E-state index contributed by atoms with van der Waals surface area (Å²) >= 11 is 5.77. The van der Waals surface area contributed by atoms with E-state index >= 15 is 0 Å². The molecule has 1 aliphatic carbocycles. The number of hydrogen-bond acceptors (Lipinski definition) is 3.